The summed E-state index contributed by atoms with van der Waals surface area (Å²) in [6.45, 7) is 1.94. The topological polar surface area (TPSA) is 116 Å². The minimum absolute atomic E-state index is 0.186. The number of anilines is 1. The summed E-state index contributed by atoms with van der Waals surface area (Å²) in [4.78, 5) is 31.7. The number of nitrogens with one attached hydrogen (secondary N) is 1. The molecule has 0 aliphatic carbocycles. The highest BCUT2D eigenvalue weighted by atomic mass is 19.4. The number of methoxy groups -OCH3 is 1. The van der Waals surface area contributed by atoms with Crippen molar-refractivity contribution in [3.63, 3.8) is 0 Å². The molecule has 33 heavy (non-hydrogen) atoms. The molecule has 1 aromatic carbocycles. The summed E-state index contributed by atoms with van der Waals surface area (Å²) >= 11 is 0. The number of hydrogen-bond acceptors (Lipinski definition) is 6. The molecule has 1 fully saturated rings. The summed E-state index contributed by atoms with van der Waals surface area (Å²) in [5.74, 6) is -8.45. The van der Waals surface area contributed by atoms with Crippen LogP contribution in [0.15, 0.2) is 24.5 Å². The fraction of sp³-hybridized carbons (Fsp3) is 0.400. The second-order valence-corrected chi connectivity index (χ2v) is 7.58. The monoisotopic (exact) mass is 474 g/mol. The highest BCUT2D eigenvalue weighted by Gasteiger charge is 2.65. The Kier molecular flexibility index (Phi) is 6.29. The van der Waals surface area contributed by atoms with Gasteiger partial charge in [-0.05, 0) is 13.0 Å². The molecule has 1 aromatic heterocycles. The van der Waals surface area contributed by atoms with E-state index in [9.17, 15) is 31.5 Å². The predicted molar refractivity (Wildman–Crippen MR) is 103 cm³/mol. The first-order valence-corrected chi connectivity index (χ1v) is 9.51. The van der Waals surface area contributed by atoms with Crippen LogP contribution in [-0.2, 0) is 9.53 Å². The molecule has 178 valence electrons. The second-order valence-electron chi connectivity index (χ2n) is 7.58. The number of carbonyl (C=O) groups excluding carboxylic acids is 2. The Hall–Kier alpha value is -3.35. The lowest BCUT2D eigenvalue weighted by Gasteiger charge is -2.32. The van der Waals surface area contributed by atoms with Crippen LogP contribution >= 0.6 is 0 Å². The zero-order valence-electron chi connectivity index (χ0n) is 17.5. The standard InChI is InChI=1S/C20H19F5N4O4/c1-8-13(9-4-5-10(21)14(22)15(9)32-3)16(33-19(8,2)20(23,24)25)18(31)29-12-7-27-6-11(28-12)17(26)30/h4-8,13,16H,1-3H3,(H2,26,30)(H,28,29,31)/t8-,13?,16+,19+/m0/s1. The zero-order valence-corrected chi connectivity index (χ0v) is 17.5. The van der Waals surface area contributed by atoms with Gasteiger partial charge in [0, 0.05) is 17.4 Å². The molecule has 1 aliphatic heterocycles. The maximum Gasteiger partial charge on any atom is 0.417 e. The molecule has 2 amide bonds. The summed E-state index contributed by atoms with van der Waals surface area (Å²) in [6.07, 6.45) is -4.65. The van der Waals surface area contributed by atoms with Crippen molar-refractivity contribution in [1.29, 1.82) is 0 Å². The molecule has 3 rings (SSSR count). The number of hydrogen-bond donors (Lipinski definition) is 2. The fourth-order valence-electron chi connectivity index (χ4n) is 3.78. The van der Waals surface area contributed by atoms with E-state index in [-0.39, 0.29) is 17.1 Å². The number of benzene rings is 1. The maximum absolute atomic E-state index is 14.3. The number of nitrogens with zero attached hydrogens (tertiary/aromatic N) is 2. The number of halogens is 5. The minimum atomic E-state index is -4.91. The number of aromatic nitrogens is 2. The van der Waals surface area contributed by atoms with Gasteiger partial charge in [0.15, 0.2) is 23.0 Å². The molecule has 4 atom stereocenters. The first-order chi connectivity index (χ1) is 15.3. The van der Waals surface area contributed by atoms with Crippen molar-refractivity contribution in [2.75, 3.05) is 12.4 Å². The number of primary amides is 1. The first kappa shape index (κ1) is 24.3. The van der Waals surface area contributed by atoms with Gasteiger partial charge in [-0.15, -0.1) is 0 Å². The Labute approximate surface area is 184 Å². The highest BCUT2D eigenvalue weighted by molar-refractivity contribution is 5.95. The third kappa shape index (κ3) is 4.19. The van der Waals surface area contributed by atoms with Crippen LogP contribution in [-0.4, -0.2) is 46.8 Å². The molecule has 13 heteroatoms. The van der Waals surface area contributed by atoms with E-state index in [0.717, 1.165) is 38.6 Å². The van der Waals surface area contributed by atoms with Crippen molar-refractivity contribution in [2.45, 2.75) is 37.6 Å². The van der Waals surface area contributed by atoms with Gasteiger partial charge in [0.1, 0.15) is 11.8 Å². The number of ether oxygens (including phenoxy) is 2. The van der Waals surface area contributed by atoms with Gasteiger partial charge in [0.2, 0.25) is 5.82 Å². The van der Waals surface area contributed by atoms with Crippen molar-refractivity contribution < 1.29 is 41.0 Å². The van der Waals surface area contributed by atoms with Gasteiger partial charge in [-0.25, -0.2) is 9.37 Å². The fourth-order valence-corrected chi connectivity index (χ4v) is 3.78. The molecule has 0 spiro atoms. The van der Waals surface area contributed by atoms with E-state index >= 15 is 0 Å². The molecular formula is C20H19F5N4O4. The Morgan fingerprint density at radius 2 is 1.91 bits per heavy atom. The average Bonchev–Trinajstić information content (AvgIpc) is 3.02. The van der Waals surface area contributed by atoms with Gasteiger partial charge >= 0.3 is 6.18 Å². The first-order valence-electron chi connectivity index (χ1n) is 9.51. The molecular weight excluding hydrogens is 455 g/mol. The van der Waals surface area contributed by atoms with Crippen molar-refractivity contribution in [1.82, 2.24) is 9.97 Å². The molecule has 2 heterocycles. The Morgan fingerprint density at radius 1 is 1.24 bits per heavy atom. The maximum atomic E-state index is 14.3. The molecule has 8 nitrogen and oxygen atoms in total. The van der Waals surface area contributed by atoms with E-state index in [4.69, 9.17) is 15.2 Å². The van der Waals surface area contributed by atoms with Crippen LogP contribution in [0.25, 0.3) is 0 Å². The lowest BCUT2D eigenvalue weighted by Crippen LogP contribution is -2.47. The van der Waals surface area contributed by atoms with Gasteiger partial charge < -0.3 is 20.5 Å². The third-order valence-corrected chi connectivity index (χ3v) is 5.71. The number of amides is 2. The number of rotatable bonds is 5. The molecule has 1 saturated heterocycles. The van der Waals surface area contributed by atoms with Crippen molar-refractivity contribution in [3.05, 3.63) is 47.4 Å². The van der Waals surface area contributed by atoms with E-state index in [1.165, 1.54) is 6.92 Å². The van der Waals surface area contributed by atoms with Gasteiger partial charge in [-0.2, -0.15) is 17.6 Å². The Morgan fingerprint density at radius 3 is 2.48 bits per heavy atom. The van der Waals surface area contributed by atoms with Crippen LogP contribution < -0.4 is 15.8 Å². The minimum Gasteiger partial charge on any atom is -0.493 e. The van der Waals surface area contributed by atoms with Crippen LogP contribution in [0.1, 0.15) is 35.8 Å². The summed E-state index contributed by atoms with van der Waals surface area (Å²) in [5.41, 5.74) is 1.82. The molecule has 0 saturated carbocycles. The van der Waals surface area contributed by atoms with E-state index in [1.807, 2.05) is 0 Å². The average molecular weight is 474 g/mol. The van der Waals surface area contributed by atoms with Crippen LogP contribution in [0.5, 0.6) is 5.75 Å². The van der Waals surface area contributed by atoms with Crippen LogP contribution in [0.2, 0.25) is 0 Å². The largest absolute Gasteiger partial charge is 0.493 e. The normalized spacial score (nSPS) is 25.0. The van der Waals surface area contributed by atoms with Crippen molar-refractivity contribution in [3.8, 4) is 5.75 Å². The summed E-state index contributed by atoms with van der Waals surface area (Å²) in [7, 11) is 1.02. The SMILES string of the molecule is COc1c(C2[C@H](C(=O)Nc3cncc(C(N)=O)n3)O[C@@](C)(C(F)(F)F)[C@H]2C)ccc(F)c1F. The summed E-state index contributed by atoms with van der Waals surface area (Å²) in [5, 5.41) is 2.23. The van der Waals surface area contributed by atoms with Gasteiger partial charge in [-0.1, -0.05) is 13.0 Å². The molecule has 1 aliphatic rings. The van der Waals surface area contributed by atoms with Crippen molar-refractivity contribution >= 4 is 17.6 Å². The number of alkyl halides is 3. The predicted octanol–water partition coefficient (Wildman–Crippen LogP) is 2.94. The lowest BCUT2D eigenvalue weighted by molar-refractivity contribution is -0.272. The van der Waals surface area contributed by atoms with Crippen molar-refractivity contribution in [2.24, 2.45) is 11.7 Å². The van der Waals surface area contributed by atoms with Crippen LogP contribution in [0, 0.1) is 17.6 Å². The molecule has 3 N–H and O–H groups in total. The number of nitrogens with two attached hydrogens (primary N) is 1. The van der Waals surface area contributed by atoms with E-state index in [0.29, 0.717) is 0 Å². The van der Waals surface area contributed by atoms with Crippen LogP contribution in [0.3, 0.4) is 0 Å². The third-order valence-electron chi connectivity index (χ3n) is 5.71. The summed E-state index contributed by atoms with van der Waals surface area (Å²) in [6, 6.07) is 1.76. The van der Waals surface area contributed by atoms with E-state index in [2.05, 4.69) is 15.3 Å². The molecule has 2 aromatic rings. The highest BCUT2D eigenvalue weighted by Crippen LogP contribution is 2.54. The number of carbonyl (C=O) groups is 2. The zero-order chi connectivity index (χ0) is 24.7. The summed E-state index contributed by atoms with van der Waals surface area (Å²) < 4.78 is 79.9. The molecule has 1 unspecified atom stereocenters. The smallest absolute Gasteiger partial charge is 0.417 e. The molecule has 0 radical (unpaired) electrons. The molecule has 0 bridgehead atoms. The van der Waals surface area contributed by atoms with Gasteiger partial charge in [0.25, 0.3) is 11.8 Å². The lowest BCUT2D eigenvalue weighted by atomic mass is 9.77. The Bertz CT molecular complexity index is 1100. The van der Waals surface area contributed by atoms with Gasteiger partial charge in [-0.3, -0.25) is 14.6 Å². The van der Waals surface area contributed by atoms with E-state index < -0.39 is 58.9 Å². The quantitative estimate of drug-likeness (QED) is 0.644. The second kappa shape index (κ2) is 8.54. The Balaban J connectivity index is 2.07. The van der Waals surface area contributed by atoms with E-state index in [1.54, 1.807) is 0 Å². The van der Waals surface area contributed by atoms with Gasteiger partial charge in [0.05, 0.1) is 19.5 Å². The van der Waals surface area contributed by atoms with Crippen LogP contribution in [0.4, 0.5) is 27.8 Å².